The molecule has 17 heavy (non-hydrogen) atoms. The molecule has 2 N–H and O–H groups in total. The highest BCUT2D eigenvalue weighted by molar-refractivity contribution is 5.73. The fourth-order valence-electron chi connectivity index (χ4n) is 1.85. The van der Waals surface area contributed by atoms with Gasteiger partial charge in [-0.1, -0.05) is 44.9 Å². The van der Waals surface area contributed by atoms with Crippen molar-refractivity contribution in [2.45, 2.75) is 71.6 Å². The van der Waals surface area contributed by atoms with Gasteiger partial charge in [0.05, 0.1) is 5.41 Å². The first-order chi connectivity index (χ1) is 8.00. The minimum atomic E-state index is -0.693. The molecule has 0 radical (unpaired) electrons. The summed E-state index contributed by atoms with van der Waals surface area (Å²) in [7, 11) is 0. The predicted molar refractivity (Wildman–Crippen MR) is 70.1 cm³/mol. The van der Waals surface area contributed by atoms with Gasteiger partial charge in [0.1, 0.15) is 0 Å². The Morgan fingerprint density at radius 3 is 1.71 bits per heavy atom. The molecule has 0 saturated carbocycles. The third kappa shape index (κ3) is 9.16. The molecule has 0 bridgehead atoms. The van der Waals surface area contributed by atoms with Crippen LogP contribution in [0.3, 0.4) is 0 Å². The number of aliphatic hydroxyl groups is 1. The number of carboxylic acid groups (broad SMARTS) is 1. The number of unbranched alkanes of at least 4 members (excludes halogenated alkanes) is 7. The normalized spacial score (nSPS) is 11.7. The van der Waals surface area contributed by atoms with Crippen molar-refractivity contribution in [2.75, 3.05) is 6.61 Å². The van der Waals surface area contributed by atoms with E-state index in [2.05, 4.69) is 0 Å². The summed E-state index contributed by atoms with van der Waals surface area (Å²) in [6.45, 7) is 3.90. The molecular weight excluding hydrogens is 216 g/mol. The lowest BCUT2D eigenvalue weighted by Gasteiger charge is -2.18. The molecule has 0 aliphatic rings. The molecule has 0 spiro atoms. The van der Waals surface area contributed by atoms with Crippen LogP contribution in [0.4, 0.5) is 0 Å². The van der Waals surface area contributed by atoms with Crippen LogP contribution in [-0.2, 0) is 4.79 Å². The highest BCUT2D eigenvalue weighted by atomic mass is 16.4. The van der Waals surface area contributed by atoms with Gasteiger partial charge in [-0.05, 0) is 26.7 Å². The average Bonchev–Trinajstić information content (AvgIpc) is 2.26. The van der Waals surface area contributed by atoms with E-state index in [4.69, 9.17) is 10.2 Å². The minimum Gasteiger partial charge on any atom is -0.481 e. The van der Waals surface area contributed by atoms with E-state index in [0.29, 0.717) is 6.61 Å². The van der Waals surface area contributed by atoms with E-state index in [1.807, 2.05) is 0 Å². The average molecular weight is 244 g/mol. The monoisotopic (exact) mass is 244 g/mol. The maximum absolute atomic E-state index is 10.9. The van der Waals surface area contributed by atoms with Gasteiger partial charge in [-0.2, -0.15) is 0 Å². The van der Waals surface area contributed by atoms with Crippen molar-refractivity contribution >= 4 is 5.97 Å². The number of hydrogen-bond donors (Lipinski definition) is 2. The van der Waals surface area contributed by atoms with E-state index in [-0.39, 0.29) is 0 Å². The summed E-state index contributed by atoms with van der Waals surface area (Å²) < 4.78 is 0. The molecule has 3 nitrogen and oxygen atoms in total. The second-order valence-electron chi connectivity index (χ2n) is 5.49. The first-order valence-corrected chi connectivity index (χ1v) is 6.85. The number of aliphatic hydroxyl groups excluding tert-OH is 1. The quantitative estimate of drug-likeness (QED) is 0.546. The molecule has 0 heterocycles. The van der Waals surface area contributed by atoms with Crippen molar-refractivity contribution in [2.24, 2.45) is 5.41 Å². The van der Waals surface area contributed by atoms with Crippen molar-refractivity contribution in [3.63, 3.8) is 0 Å². The SMILES string of the molecule is CC(C)(CCCCCCCCCCO)C(=O)O. The molecular formula is C14H28O3. The summed E-state index contributed by atoms with van der Waals surface area (Å²) in [6.07, 6.45) is 9.85. The number of carbonyl (C=O) groups is 1. The molecule has 3 heteroatoms. The van der Waals surface area contributed by atoms with Crippen LogP contribution >= 0.6 is 0 Å². The Bertz CT molecular complexity index is 200. The molecule has 102 valence electrons. The van der Waals surface area contributed by atoms with E-state index in [1.54, 1.807) is 13.8 Å². The molecule has 0 aromatic carbocycles. The highest BCUT2D eigenvalue weighted by Gasteiger charge is 2.25. The lowest BCUT2D eigenvalue weighted by Crippen LogP contribution is -2.23. The zero-order chi connectivity index (χ0) is 13.1. The molecule has 0 unspecified atom stereocenters. The van der Waals surface area contributed by atoms with Gasteiger partial charge in [-0.15, -0.1) is 0 Å². The van der Waals surface area contributed by atoms with Gasteiger partial charge in [0.15, 0.2) is 0 Å². The minimum absolute atomic E-state index is 0.310. The predicted octanol–water partition coefficient (Wildman–Crippen LogP) is 3.60. The van der Waals surface area contributed by atoms with Crippen molar-refractivity contribution < 1.29 is 15.0 Å². The van der Waals surface area contributed by atoms with Crippen LogP contribution in [0.2, 0.25) is 0 Å². The summed E-state index contributed by atoms with van der Waals surface area (Å²) in [5.41, 5.74) is -0.568. The Hall–Kier alpha value is -0.570. The van der Waals surface area contributed by atoms with Gasteiger partial charge in [-0.3, -0.25) is 4.79 Å². The van der Waals surface area contributed by atoms with Gasteiger partial charge < -0.3 is 10.2 Å². The summed E-state index contributed by atoms with van der Waals surface area (Å²) in [5.74, 6) is -0.693. The van der Waals surface area contributed by atoms with Crippen LogP contribution in [0.15, 0.2) is 0 Å². The summed E-state index contributed by atoms with van der Waals surface area (Å²) in [6, 6.07) is 0. The van der Waals surface area contributed by atoms with Crippen LogP contribution in [0.5, 0.6) is 0 Å². The zero-order valence-electron chi connectivity index (χ0n) is 11.4. The van der Waals surface area contributed by atoms with Crippen molar-refractivity contribution in [3.8, 4) is 0 Å². The molecule has 0 aliphatic heterocycles. The van der Waals surface area contributed by atoms with Crippen molar-refractivity contribution in [1.82, 2.24) is 0 Å². The molecule has 0 rings (SSSR count). The van der Waals surface area contributed by atoms with Crippen LogP contribution in [0, 0.1) is 5.41 Å². The third-order valence-corrected chi connectivity index (χ3v) is 3.29. The molecule has 0 amide bonds. The largest absolute Gasteiger partial charge is 0.481 e. The second kappa shape index (κ2) is 9.46. The third-order valence-electron chi connectivity index (χ3n) is 3.29. The molecule has 0 fully saturated rings. The van der Waals surface area contributed by atoms with Gasteiger partial charge in [0.25, 0.3) is 0 Å². The van der Waals surface area contributed by atoms with Gasteiger partial charge >= 0.3 is 5.97 Å². The van der Waals surface area contributed by atoms with Crippen LogP contribution in [0.1, 0.15) is 71.6 Å². The van der Waals surface area contributed by atoms with E-state index < -0.39 is 11.4 Å². The van der Waals surface area contributed by atoms with Gasteiger partial charge in [0.2, 0.25) is 0 Å². The smallest absolute Gasteiger partial charge is 0.309 e. The topological polar surface area (TPSA) is 57.5 Å². The van der Waals surface area contributed by atoms with E-state index in [1.165, 1.54) is 25.7 Å². The zero-order valence-corrected chi connectivity index (χ0v) is 11.4. The fraction of sp³-hybridized carbons (Fsp3) is 0.929. The second-order valence-corrected chi connectivity index (χ2v) is 5.49. The molecule has 0 aromatic rings. The lowest BCUT2D eigenvalue weighted by atomic mass is 9.87. The maximum Gasteiger partial charge on any atom is 0.309 e. The Kier molecular flexibility index (Phi) is 9.14. The molecule has 0 atom stereocenters. The summed E-state index contributed by atoms with van der Waals surface area (Å²) in [5, 5.41) is 17.6. The Morgan fingerprint density at radius 2 is 1.29 bits per heavy atom. The standard InChI is InChI=1S/C14H28O3/c1-14(2,13(16)17)11-9-7-5-3-4-6-8-10-12-15/h15H,3-12H2,1-2H3,(H,16,17). The van der Waals surface area contributed by atoms with Crippen LogP contribution in [0.25, 0.3) is 0 Å². The van der Waals surface area contributed by atoms with Gasteiger partial charge in [-0.25, -0.2) is 0 Å². The van der Waals surface area contributed by atoms with E-state index >= 15 is 0 Å². The Morgan fingerprint density at radius 1 is 0.882 bits per heavy atom. The first-order valence-electron chi connectivity index (χ1n) is 6.85. The van der Waals surface area contributed by atoms with E-state index in [0.717, 1.165) is 32.1 Å². The number of carboxylic acids is 1. The number of rotatable bonds is 11. The Balaban J connectivity index is 3.27. The molecule has 0 aromatic heterocycles. The van der Waals surface area contributed by atoms with Gasteiger partial charge in [0, 0.05) is 6.61 Å². The van der Waals surface area contributed by atoms with Crippen LogP contribution in [-0.4, -0.2) is 22.8 Å². The number of hydrogen-bond acceptors (Lipinski definition) is 2. The highest BCUT2D eigenvalue weighted by Crippen LogP contribution is 2.24. The molecule has 0 aliphatic carbocycles. The maximum atomic E-state index is 10.9. The number of aliphatic carboxylic acids is 1. The summed E-state index contributed by atoms with van der Waals surface area (Å²) >= 11 is 0. The summed E-state index contributed by atoms with van der Waals surface area (Å²) in [4.78, 5) is 10.9. The van der Waals surface area contributed by atoms with Crippen LogP contribution < -0.4 is 0 Å². The van der Waals surface area contributed by atoms with Crippen molar-refractivity contribution in [3.05, 3.63) is 0 Å². The van der Waals surface area contributed by atoms with E-state index in [9.17, 15) is 4.79 Å². The van der Waals surface area contributed by atoms with Crippen molar-refractivity contribution in [1.29, 1.82) is 0 Å². The lowest BCUT2D eigenvalue weighted by molar-refractivity contribution is -0.147. The first kappa shape index (κ1) is 16.4. The fourth-order valence-corrected chi connectivity index (χ4v) is 1.85. The molecule has 0 saturated heterocycles. The Labute approximate surface area is 105 Å².